The summed E-state index contributed by atoms with van der Waals surface area (Å²) in [6.07, 6.45) is 7.25. The highest BCUT2D eigenvalue weighted by atomic mass is 16.5. The molecule has 0 unspecified atom stereocenters. The SMILES string of the molecule is Cc1ncc(-n2nc(C(C)(C)C)cc2NC(=O)Nc2ccc(-c3ccc(NC4CCOCC4)nc3)c3ccccc23)cn1. The third-order valence-corrected chi connectivity index (χ3v) is 7.55. The number of carbonyl (C=O) groups excluding carboxylic acids is 1. The van der Waals surface area contributed by atoms with Gasteiger partial charge in [-0.2, -0.15) is 5.10 Å². The van der Waals surface area contributed by atoms with Crippen molar-refractivity contribution in [1.82, 2.24) is 24.7 Å². The molecule has 220 valence electrons. The van der Waals surface area contributed by atoms with Crippen LogP contribution in [-0.4, -0.2) is 50.0 Å². The van der Waals surface area contributed by atoms with Gasteiger partial charge in [-0.05, 0) is 48.9 Å². The molecule has 10 nitrogen and oxygen atoms in total. The fourth-order valence-electron chi connectivity index (χ4n) is 5.15. The molecule has 0 saturated carbocycles. The number of rotatable bonds is 6. The lowest BCUT2D eigenvalue weighted by Crippen LogP contribution is -2.28. The normalized spacial score (nSPS) is 14.0. The van der Waals surface area contributed by atoms with Crippen molar-refractivity contribution < 1.29 is 9.53 Å². The summed E-state index contributed by atoms with van der Waals surface area (Å²) in [7, 11) is 0. The van der Waals surface area contributed by atoms with E-state index in [0.717, 1.165) is 59.5 Å². The standard InChI is InChI=1S/C33H36N8O2/c1-21-34-19-24(20-35-21)41-31(17-29(40-41)33(2,3)4)39-32(42)38-28-11-10-25(26-7-5-6-8-27(26)28)22-9-12-30(36-18-22)37-23-13-15-43-16-14-23/h5-12,17-20,23H,13-16H2,1-4H3,(H,36,37)(H2,38,39,42). The number of benzene rings is 2. The van der Waals surface area contributed by atoms with Gasteiger partial charge in [-0.25, -0.2) is 24.4 Å². The van der Waals surface area contributed by atoms with Crippen LogP contribution in [0.1, 0.15) is 45.1 Å². The first-order chi connectivity index (χ1) is 20.7. The zero-order chi connectivity index (χ0) is 30.0. The Bertz CT molecular complexity index is 1730. The van der Waals surface area contributed by atoms with Crippen LogP contribution in [0.15, 0.2) is 73.2 Å². The number of hydrogen-bond donors (Lipinski definition) is 3. The van der Waals surface area contributed by atoms with E-state index >= 15 is 0 Å². The highest BCUT2D eigenvalue weighted by Gasteiger charge is 2.22. The van der Waals surface area contributed by atoms with E-state index in [0.29, 0.717) is 29.1 Å². The van der Waals surface area contributed by atoms with Crippen molar-refractivity contribution in [3.63, 3.8) is 0 Å². The summed E-state index contributed by atoms with van der Waals surface area (Å²) in [6, 6.07) is 18.0. The van der Waals surface area contributed by atoms with E-state index < -0.39 is 0 Å². The Kier molecular flexibility index (Phi) is 7.77. The number of ether oxygens (including phenoxy) is 1. The molecule has 3 N–H and O–H groups in total. The lowest BCUT2D eigenvalue weighted by Gasteiger charge is -2.23. The number of pyridine rings is 1. The van der Waals surface area contributed by atoms with E-state index in [4.69, 9.17) is 9.84 Å². The van der Waals surface area contributed by atoms with E-state index in [1.807, 2.05) is 55.6 Å². The van der Waals surface area contributed by atoms with Gasteiger partial charge in [-0.1, -0.05) is 51.1 Å². The number of aryl methyl sites for hydroxylation is 1. The van der Waals surface area contributed by atoms with Crippen LogP contribution in [0.25, 0.3) is 27.6 Å². The summed E-state index contributed by atoms with van der Waals surface area (Å²) in [5, 5.41) is 16.2. The van der Waals surface area contributed by atoms with Crippen LogP contribution < -0.4 is 16.0 Å². The molecule has 6 rings (SSSR count). The molecule has 1 aliphatic rings. The monoisotopic (exact) mass is 576 g/mol. The minimum absolute atomic E-state index is 0.219. The van der Waals surface area contributed by atoms with Crippen LogP contribution in [0.2, 0.25) is 0 Å². The Morgan fingerprint density at radius 2 is 1.65 bits per heavy atom. The van der Waals surface area contributed by atoms with Crippen LogP contribution in [-0.2, 0) is 10.2 Å². The molecule has 0 bridgehead atoms. The van der Waals surface area contributed by atoms with Gasteiger partial charge in [0.25, 0.3) is 0 Å². The fraction of sp³-hybridized carbons (Fsp3) is 0.303. The maximum absolute atomic E-state index is 13.4. The molecule has 2 amide bonds. The Balaban J connectivity index is 1.24. The average molecular weight is 577 g/mol. The van der Waals surface area contributed by atoms with Gasteiger partial charge >= 0.3 is 6.03 Å². The van der Waals surface area contributed by atoms with Gasteiger partial charge < -0.3 is 15.4 Å². The van der Waals surface area contributed by atoms with Gasteiger partial charge in [0.05, 0.1) is 23.8 Å². The number of nitrogens with one attached hydrogen (secondary N) is 3. The summed E-state index contributed by atoms with van der Waals surface area (Å²) in [6.45, 7) is 9.62. The molecule has 43 heavy (non-hydrogen) atoms. The van der Waals surface area contributed by atoms with Gasteiger partial charge in [-0.3, -0.25) is 5.32 Å². The van der Waals surface area contributed by atoms with E-state index in [-0.39, 0.29) is 11.4 Å². The number of urea groups is 1. The van der Waals surface area contributed by atoms with Crippen LogP contribution in [0, 0.1) is 6.92 Å². The van der Waals surface area contributed by atoms with Gasteiger partial charge in [0.15, 0.2) is 0 Å². The molecule has 4 heterocycles. The summed E-state index contributed by atoms with van der Waals surface area (Å²) in [5.41, 5.74) is 4.02. The minimum Gasteiger partial charge on any atom is -0.381 e. The Hall–Kier alpha value is -4.83. The maximum Gasteiger partial charge on any atom is 0.324 e. The summed E-state index contributed by atoms with van der Waals surface area (Å²) in [5.74, 6) is 2.05. The van der Waals surface area contributed by atoms with E-state index in [9.17, 15) is 4.79 Å². The Labute approximate surface area is 250 Å². The number of carbonyl (C=O) groups is 1. The Morgan fingerprint density at radius 3 is 2.35 bits per heavy atom. The predicted octanol–water partition coefficient (Wildman–Crippen LogP) is 6.72. The van der Waals surface area contributed by atoms with Crippen molar-refractivity contribution in [3.8, 4) is 16.8 Å². The first-order valence-electron chi connectivity index (χ1n) is 14.5. The highest BCUT2D eigenvalue weighted by Crippen LogP contribution is 2.34. The van der Waals surface area contributed by atoms with Crippen molar-refractivity contribution in [3.05, 3.63) is 84.7 Å². The molecule has 5 aromatic rings. The molecular weight excluding hydrogens is 540 g/mol. The van der Waals surface area contributed by atoms with Crippen LogP contribution >= 0.6 is 0 Å². The zero-order valence-electron chi connectivity index (χ0n) is 24.9. The van der Waals surface area contributed by atoms with Crippen LogP contribution in [0.5, 0.6) is 0 Å². The first-order valence-corrected chi connectivity index (χ1v) is 14.5. The van der Waals surface area contributed by atoms with Crippen molar-refractivity contribution in [1.29, 1.82) is 0 Å². The highest BCUT2D eigenvalue weighted by molar-refractivity contribution is 6.09. The second kappa shape index (κ2) is 11.8. The molecule has 0 radical (unpaired) electrons. The van der Waals surface area contributed by atoms with Gasteiger partial charge in [-0.15, -0.1) is 0 Å². The second-order valence-corrected chi connectivity index (χ2v) is 11.8. The topological polar surface area (TPSA) is 119 Å². The lowest BCUT2D eigenvalue weighted by atomic mass is 9.92. The van der Waals surface area contributed by atoms with Crippen molar-refractivity contribution in [2.75, 3.05) is 29.2 Å². The number of anilines is 3. The quantitative estimate of drug-likeness (QED) is 0.205. The van der Waals surface area contributed by atoms with Crippen molar-refractivity contribution in [2.45, 2.75) is 52.0 Å². The van der Waals surface area contributed by atoms with E-state index in [1.54, 1.807) is 17.1 Å². The molecule has 10 heteroatoms. The second-order valence-electron chi connectivity index (χ2n) is 11.8. The molecule has 1 aliphatic heterocycles. The molecule has 2 aromatic carbocycles. The molecule has 0 aliphatic carbocycles. The molecule has 3 aromatic heterocycles. The first kappa shape index (κ1) is 28.3. The zero-order valence-corrected chi connectivity index (χ0v) is 24.9. The Morgan fingerprint density at radius 1 is 0.907 bits per heavy atom. The number of amides is 2. The van der Waals surface area contributed by atoms with E-state index in [1.165, 1.54) is 0 Å². The minimum atomic E-state index is -0.377. The number of hydrogen-bond acceptors (Lipinski definition) is 7. The van der Waals surface area contributed by atoms with Gasteiger partial charge in [0, 0.05) is 47.9 Å². The molecule has 0 spiro atoms. The molecule has 0 atom stereocenters. The fourth-order valence-corrected chi connectivity index (χ4v) is 5.15. The third kappa shape index (κ3) is 6.34. The summed E-state index contributed by atoms with van der Waals surface area (Å²) < 4.78 is 7.12. The maximum atomic E-state index is 13.4. The predicted molar refractivity (Wildman–Crippen MR) is 170 cm³/mol. The number of nitrogens with zero attached hydrogens (tertiary/aromatic N) is 5. The number of fused-ring (bicyclic) bond motifs is 1. The largest absolute Gasteiger partial charge is 0.381 e. The average Bonchev–Trinajstić information content (AvgIpc) is 3.43. The van der Waals surface area contributed by atoms with Crippen LogP contribution in [0.4, 0.5) is 22.1 Å². The van der Waals surface area contributed by atoms with Gasteiger partial charge in [0.2, 0.25) is 0 Å². The summed E-state index contributed by atoms with van der Waals surface area (Å²) in [4.78, 5) is 26.6. The third-order valence-electron chi connectivity index (χ3n) is 7.55. The molecular formula is C33H36N8O2. The van der Waals surface area contributed by atoms with Crippen LogP contribution in [0.3, 0.4) is 0 Å². The van der Waals surface area contributed by atoms with Gasteiger partial charge in [0.1, 0.15) is 23.1 Å². The van der Waals surface area contributed by atoms with Crippen molar-refractivity contribution >= 4 is 34.1 Å². The van der Waals surface area contributed by atoms with Crippen molar-refractivity contribution in [2.24, 2.45) is 0 Å². The number of aromatic nitrogens is 5. The molecule has 1 fully saturated rings. The lowest BCUT2D eigenvalue weighted by molar-refractivity contribution is 0.0904. The van der Waals surface area contributed by atoms with E-state index in [2.05, 4.69) is 63.8 Å². The molecule has 1 saturated heterocycles. The summed E-state index contributed by atoms with van der Waals surface area (Å²) >= 11 is 0. The smallest absolute Gasteiger partial charge is 0.324 e.